The molecule has 1 heterocycles. The van der Waals surface area contributed by atoms with Crippen LogP contribution in [0, 0.1) is 0 Å². The summed E-state index contributed by atoms with van der Waals surface area (Å²) in [4.78, 5) is 11.0. The molecule has 0 bridgehead atoms. The fraction of sp³-hybridized carbons (Fsp3) is 0.857. The average Bonchev–Trinajstić information content (AvgIpc) is 2.46. The lowest BCUT2D eigenvalue weighted by Crippen LogP contribution is -2.35. The van der Waals surface area contributed by atoms with Crippen molar-refractivity contribution >= 4 is 43.4 Å². The van der Waals surface area contributed by atoms with Gasteiger partial charge in [0.05, 0.1) is 6.04 Å². The molecule has 0 radical (unpaired) electrons. The van der Waals surface area contributed by atoms with Gasteiger partial charge in [-0.1, -0.05) is 25.6 Å². The molecule has 1 fully saturated rings. The van der Waals surface area contributed by atoms with Crippen LogP contribution < -0.4 is 4.72 Å². The van der Waals surface area contributed by atoms with Crippen LogP contribution in [0.15, 0.2) is 0 Å². The van der Waals surface area contributed by atoms with Crippen LogP contribution in [-0.4, -0.2) is 28.0 Å². The number of thiol groups is 3. The molecule has 13 heavy (non-hydrogen) atoms. The van der Waals surface area contributed by atoms with Crippen LogP contribution in [0.1, 0.15) is 19.3 Å². The van der Waals surface area contributed by atoms with Crippen LogP contribution in [0.5, 0.6) is 0 Å². The van der Waals surface area contributed by atoms with E-state index in [1.54, 1.807) is 0 Å². The van der Waals surface area contributed by atoms with Crippen molar-refractivity contribution < 1.29 is 4.79 Å². The maximum atomic E-state index is 11.0. The van der Waals surface area contributed by atoms with Gasteiger partial charge in [0.25, 0.3) is 0 Å². The molecular formula is C7H14N2OS3. The van der Waals surface area contributed by atoms with E-state index in [0.717, 1.165) is 25.8 Å². The van der Waals surface area contributed by atoms with Gasteiger partial charge in [-0.15, -0.1) is 12.6 Å². The van der Waals surface area contributed by atoms with Gasteiger partial charge in [-0.2, -0.15) is 0 Å². The molecule has 1 N–H and O–H groups in total. The summed E-state index contributed by atoms with van der Waals surface area (Å²) in [6, 6.07) is 0.0912. The predicted molar refractivity (Wildman–Crippen MR) is 63.2 cm³/mol. The molecule has 0 aromatic heterocycles. The minimum atomic E-state index is -0.274. The Kier molecular flexibility index (Phi) is 4.96. The third-order valence-corrected chi connectivity index (χ3v) is 3.46. The van der Waals surface area contributed by atoms with Crippen LogP contribution in [-0.2, 0) is 4.79 Å². The fourth-order valence-corrected chi connectivity index (χ4v) is 2.39. The zero-order chi connectivity index (χ0) is 9.84. The summed E-state index contributed by atoms with van der Waals surface area (Å²) < 4.78 is 4.64. The van der Waals surface area contributed by atoms with Crippen molar-refractivity contribution in [1.29, 1.82) is 0 Å². The standard InChI is InChI=1S/C7H14N2OS3/c10-7(11)6(8-12)4-5-2-1-3-9(5)13/h5-6,8,12-13H,1-4H2,(H,10,11). The summed E-state index contributed by atoms with van der Waals surface area (Å²) in [5.74, 6) is 0. The first-order valence-corrected chi connectivity index (χ1v) is 5.52. The topological polar surface area (TPSA) is 32.3 Å². The first kappa shape index (κ1) is 11.7. The summed E-state index contributed by atoms with van der Waals surface area (Å²) in [7, 11) is 0. The molecule has 1 aliphatic rings. The summed E-state index contributed by atoms with van der Waals surface area (Å²) in [5, 5.41) is -0.163. The van der Waals surface area contributed by atoms with Gasteiger partial charge in [-0.05, 0) is 19.3 Å². The second-order valence-corrected chi connectivity index (χ2v) is 4.43. The Bertz CT molecular complexity index is 191. The Hall–Kier alpha value is 0.640. The second kappa shape index (κ2) is 5.50. The minimum absolute atomic E-state index is 0.163. The number of hydrogen-bond acceptors (Lipinski definition) is 5. The van der Waals surface area contributed by atoms with E-state index in [0.29, 0.717) is 6.04 Å². The molecule has 1 aliphatic heterocycles. The van der Waals surface area contributed by atoms with Gasteiger partial charge in [-0.25, -0.2) is 0 Å². The van der Waals surface area contributed by atoms with Gasteiger partial charge < -0.3 is 0 Å². The van der Waals surface area contributed by atoms with Crippen molar-refractivity contribution in [2.45, 2.75) is 31.3 Å². The zero-order valence-electron chi connectivity index (χ0n) is 7.18. The molecule has 2 unspecified atom stereocenters. The van der Waals surface area contributed by atoms with E-state index in [1.807, 2.05) is 4.31 Å². The highest BCUT2D eigenvalue weighted by Crippen LogP contribution is 2.23. The van der Waals surface area contributed by atoms with Crippen molar-refractivity contribution in [3.05, 3.63) is 0 Å². The Labute approximate surface area is 95.1 Å². The van der Waals surface area contributed by atoms with Crippen molar-refractivity contribution in [2.24, 2.45) is 0 Å². The van der Waals surface area contributed by atoms with E-state index in [2.05, 4.69) is 43.0 Å². The van der Waals surface area contributed by atoms with Crippen LogP contribution in [0.25, 0.3) is 0 Å². The molecule has 3 nitrogen and oxygen atoms in total. The van der Waals surface area contributed by atoms with Gasteiger partial charge in [0.15, 0.2) is 0 Å². The predicted octanol–water partition coefficient (Wildman–Crippen LogP) is 0.945. The Morgan fingerprint density at radius 1 is 1.69 bits per heavy atom. The lowest BCUT2D eigenvalue weighted by Gasteiger charge is -2.21. The van der Waals surface area contributed by atoms with Crippen LogP contribution in [0.4, 0.5) is 0 Å². The van der Waals surface area contributed by atoms with Gasteiger partial charge in [0, 0.05) is 12.6 Å². The van der Waals surface area contributed by atoms with Crippen molar-refractivity contribution in [2.75, 3.05) is 6.54 Å². The maximum absolute atomic E-state index is 11.0. The third kappa shape index (κ3) is 3.36. The smallest absolute Gasteiger partial charge is 0.203 e. The number of hydrogen-bond donors (Lipinski definition) is 4. The number of nitrogens with one attached hydrogen (secondary N) is 1. The number of rotatable bonds is 4. The van der Waals surface area contributed by atoms with Crippen LogP contribution >= 0.6 is 38.3 Å². The number of carbonyl (C=O) groups excluding carboxylic acids is 1. The normalized spacial score (nSPS) is 26.2. The fourth-order valence-electron chi connectivity index (χ4n) is 1.54. The van der Waals surface area contributed by atoms with E-state index < -0.39 is 0 Å². The second-order valence-electron chi connectivity index (χ2n) is 3.21. The highest BCUT2D eigenvalue weighted by atomic mass is 32.1. The van der Waals surface area contributed by atoms with E-state index >= 15 is 0 Å². The Morgan fingerprint density at radius 3 is 2.77 bits per heavy atom. The summed E-state index contributed by atoms with van der Waals surface area (Å²) in [6.07, 6.45) is 2.97. The SMILES string of the molecule is O=C(S)C(CC1CCCN1S)NS. The molecule has 1 rings (SSSR count). The first-order chi connectivity index (χ1) is 6.15. The van der Waals surface area contributed by atoms with E-state index in [4.69, 9.17) is 0 Å². The third-order valence-electron chi connectivity index (χ3n) is 2.31. The summed E-state index contributed by atoms with van der Waals surface area (Å²) >= 11 is 12.0. The van der Waals surface area contributed by atoms with Gasteiger partial charge in [0.2, 0.25) is 5.12 Å². The number of carbonyl (C=O) groups is 1. The van der Waals surface area contributed by atoms with Crippen molar-refractivity contribution in [3.8, 4) is 0 Å². The molecule has 0 spiro atoms. The Balaban J connectivity index is 2.41. The van der Waals surface area contributed by atoms with Crippen LogP contribution in [0.2, 0.25) is 0 Å². The van der Waals surface area contributed by atoms with E-state index in [9.17, 15) is 4.79 Å². The zero-order valence-corrected chi connectivity index (χ0v) is 9.86. The molecule has 6 heteroatoms. The molecule has 76 valence electrons. The van der Waals surface area contributed by atoms with Crippen molar-refractivity contribution in [3.63, 3.8) is 0 Å². The lowest BCUT2D eigenvalue weighted by atomic mass is 10.1. The summed E-state index contributed by atoms with van der Waals surface area (Å²) in [5.41, 5.74) is 0. The van der Waals surface area contributed by atoms with Crippen LogP contribution in [0.3, 0.4) is 0 Å². The van der Waals surface area contributed by atoms with E-state index in [-0.39, 0.29) is 11.2 Å². The lowest BCUT2D eigenvalue weighted by molar-refractivity contribution is -0.112. The number of nitrogens with zero attached hydrogens (tertiary/aromatic N) is 1. The average molecular weight is 238 g/mol. The molecule has 0 amide bonds. The molecule has 0 aromatic rings. The monoisotopic (exact) mass is 238 g/mol. The maximum Gasteiger partial charge on any atom is 0.203 e. The molecule has 2 atom stereocenters. The summed E-state index contributed by atoms with van der Waals surface area (Å²) in [6.45, 7) is 0.994. The molecule has 0 aliphatic carbocycles. The van der Waals surface area contributed by atoms with Gasteiger partial charge in [-0.3, -0.25) is 13.8 Å². The highest BCUT2D eigenvalue weighted by Gasteiger charge is 2.26. The van der Waals surface area contributed by atoms with E-state index in [1.165, 1.54) is 0 Å². The van der Waals surface area contributed by atoms with Crippen molar-refractivity contribution in [1.82, 2.24) is 9.03 Å². The molecular weight excluding hydrogens is 224 g/mol. The highest BCUT2D eigenvalue weighted by molar-refractivity contribution is 7.96. The van der Waals surface area contributed by atoms with Gasteiger partial charge >= 0.3 is 0 Å². The van der Waals surface area contributed by atoms with Gasteiger partial charge in [0.1, 0.15) is 0 Å². The first-order valence-electron chi connectivity index (χ1n) is 4.23. The Morgan fingerprint density at radius 2 is 2.38 bits per heavy atom. The molecule has 1 saturated heterocycles. The molecule has 0 aromatic carbocycles. The minimum Gasteiger partial charge on any atom is -0.286 e. The largest absolute Gasteiger partial charge is 0.286 e. The quantitative estimate of drug-likeness (QED) is 0.550. The molecule has 0 saturated carbocycles.